The molecule has 4 aromatic rings. The number of aryl methyl sites for hydroxylation is 1. The van der Waals surface area contributed by atoms with E-state index in [1.807, 2.05) is 0 Å². The molecule has 2 unspecified atom stereocenters. The van der Waals surface area contributed by atoms with Crippen LogP contribution in [0, 0.1) is 24.7 Å². The van der Waals surface area contributed by atoms with E-state index in [1.54, 1.807) is 5.47 Å². The smallest absolute Gasteiger partial charge is 0.247 e. The van der Waals surface area contributed by atoms with Gasteiger partial charge >= 0.3 is 0 Å². The molecule has 0 amide bonds. The maximum atomic E-state index is 2.67. The van der Waals surface area contributed by atoms with Gasteiger partial charge < -0.3 is 9.80 Å². The van der Waals surface area contributed by atoms with E-state index in [4.69, 9.17) is 0 Å². The van der Waals surface area contributed by atoms with Crippen LogP contribution in [0.2, 0.25) is 0 Å². The molecule has 2 atom stereocenters. The summed E-state index contributed by atoms with van der Waals surface area (Å²) in [5.41, 5.74) is 17.4. The van der Waals surface area contributed by atoms with Crippen LogP contribution in [0.5, 0.6) is 0 Å². The highest BCUT2D eigenvalue weighted by atomic mass is 15.2. The molecule has 2 nitrogen and oxygen atoms in total. The topological polar surface area (TPSA) is 6.48 Å². The summed E-state index contributed by atoms with van der Waals surface area (Å²) < 4.78 is 0. The van der Waals surface area contributed by atoms with E-state index in [2.05, 4.69) is 180 Å². The van der Waals surface area contributed by atoms with Gasteiger partial charge in [-0.25, -0.2) is 0 Å². The summed E-state index contributed by atoms with van der Waals surface area (Å²) in [4.78, 5) is 5.21. The van der Waals surface area contributed by atoms with Crippen molar-refractivity contribution in [3.8, 4) is 0 Å². The molecule has 0 bridgehead atoms. The van der Waals surface area contributed by atoms with E-state index in [9.17, 15) is 0 Å². The number of nitrogens with zero attached hydrogens (tertiary/aromatic N) is 2. The first-order valence-corrected chi connectivity index (χ1v) is 18.9. The number of allylic oxidation sites excluding steroid dienone is 6. The molecule has 2 aliphatic heterocycles. The molecule has 0 fully saturated rings. The number of hydrogen-bond acceptors (Lipinski definition) is 2. The Morgan fingerprint density at radius 3 is 2.08 bits per heavy atom. The molecule has 4 aromatic carbocycles. The Hall–Kier alpha value is -4.50. The predicted molar refractivity (Wildman–Crippen MR) is 215 cm³/mol. The van der Waals surface area contributed by atoms with E-state index >= 15 is 0 Å². The van der Waals surface area contributed by atoms with Gasteiger partial charge in [0.25, 0.3) is 0 Å². The lowest BCUT2D eigenvalue weighted by Crippen LogP contribution is -2.53. The van der Waals surface area contributed by atoms with Gasteiger partial charge in [0.1, 0.15) is 0 Å². The van der Waals surface area contributed by atoms with E-state index in [1.165, 1.54) is 67.3 Å². The van der Waals surface area contributed by atoms with Gasteiger partial charge in [0.15, 0.2) is 0 Å². The second-order valence-electron chi connectivity index (χ2n) is 16.4. The van der Waals surface area contributed by atoms with Crippen molar-refractivity contribution in [3.05, 3.63) is 160 Å². The van der Waals surface area contributed by atoms with E-state index in [-0.39, 0.29) is 12.1 Å². The van der Waals surface area contributed by atoms with Crippen molar-refractivity contribution in [2.24, 2.45) is 17.8 Å². The zero-order valence-corrected chi connectivity index (χ0v) is 31.2. The normalized spacial score (nSPS) is 19.8. The first kappa shape index (κ1) is 32.7. The number of anilines is 4. The summed E-state index contributed by atoms with van der Waals surface area (Å²) in [6, 6.07) is 34.7. The van der Waals surface area contributed by atoms with E-state index in [0.29, 0.717) is 23.7 Å². The molecule has 252 valence electrons. The molecule has 2 aliphatic carbocycles. The van der Waals surface area contributed by atoms with Crippen LogP contribution in [0.1, 0.15) is 89.5 Å². The predicted octanol–water partition coefficient (Wildman–Crippen LogP) is 11.9. The van der Waals surface area contributed by atoms with Crippen molar-refractivity contribution in [1.82, 2.24) is 0 Å². The Balaban J connectivity index is 1.47. The van der Waals surface area contributed by atoms with Crippen molar-refractivity contribution in [2.45, 2.75) is 79.6 Å². The van der Waals surface area contributed by atoms with Crippen LogP contribution in [-0.2, 0) is 5.41 Å². The van der Waals surface area contributed by atoms with Gasteiger partial charge in [-0.15, -0.1) is 0 Å². The quantitative estimate of drug-likeness (QED) is 0.191. The fraction of sp³-hybridized carbons (Fsp3) is 0.319. The average Bonchev–Trinajstić information content (AvgIpc) is 3.12. The lowest BCUT2D eigenvalue weighted by atomic mass is 9.30. The van der Waals surface area contributed by atoms with Gasteiger partial charge in [0.2, 0.25) is 6.71 Å². The molecular weight excluding hydrogens is 603 g/mol. The van der Waals surface area contributed by atoms with Crippen molar-refractivity contribution >= 4 is 34.9 Å². The zero-order chi connectivity index (χ0) is 34.9. The van der Waals surface area contributed by atoms with Crippen molar-refractivity contribution in [2.75, 3.05) is 9.80 Å². The van der Waals surface area contributed by atoms with Gasteiger partial charge in [0.05, 0.1) is 0 Å². The summed E-state index contributed by atoms with van der Waals surface area (Å²) in [6.45, 7) is 18.9. The zero-order valence-electron chi connectivity index (χ0n) is 31.2. The molecule has 0 N–H and O–H groups in total. The highest BCUT2D eigenvalue weighted by Gasteiger charge is 2.48. The fourth-order valence-corrected chi connectivity index (χ4v) is 8.75. The Labute approximate surface area is 301 Å². The van der Waals surface area contributed by atoms with Crippen LogP contribution in [0.3, 0.4) is 0 Å². The summed E-state index contributed by atoms with van der Waals surface area (Å²) in [6.07, 6.45) is 12.2. The second-order valence-corrected chi connectivity index (χ2v) is 16.4. The number of benzene rings is 4. The Bertz CT molecular complexity index is 2060. The maximum Gasteiger partial charge on any atom is 0.247 e. The lowest BCUT2D eigenvalue weighted by molar-refractivity contribution is 0.464. The minimum absolute atomic E-state index is 0.209. The van der Waals surface area contributed by atoms with Gasteiger partial charge in [-0.1, -0.05) is 132 Å². The standard InChI is InChI=1S/C47H51BN2/c1-30(2)34-17-22-39(23-18-34)50-43-25-19-35(31(3)4)27-41(43)48-40-26-33(6)16-24-42(40)49(38-20-14-32(5)15-21-38)44-28-37(29-45(50)46(44)48)47(7,8)36-12-10-9-11-13-36/h9-18,20-25,27-31,33,35H,19,26H2,1-8H3. The monoisotopic (exact) mass is 654 g/mol. The number of fused-ring (bicyclic) bond motifs is 3. The third-order valence-corrected chi connectivity index (χ3v) is 12.0. The first-order chi connectivity index (χ1) is 24.0. The third kappa shape index (κ3) is 5.32. The van der Waals surface area contributed by atoms with Gasteiger partial charge in [-0.3, -0.25) is 0 Å². The molecule has 0 aromatic heterocycles. The minimum atomic E-state index is -0.209. The Kier molecular flexibility index (Phi) is 8.09. The van der Waals surface area contributed by atoms with Crippen LogP contribution in [-0.4, -0.2) is 6.71 Å². The molecular formula is C47H51BN2. The maximum absolute atomic E-state index is 2.67. The van der Waals surface area contributed by atoms with Crippen molar-refractivity contribution < 1.29 is 0 Å². The minimum Gasteiger partial charge on any atom is -0.312 e. The molecule has 0 saturated carbocycles. The van der Waals surface area contributed by atoms with Gasteiger partial charge in [-0.05, 0) is 114 Å². The average molecular weight is 655 g/mol. The molecule has 2 heterocycles. The van der Waals surface area contributed by atoms with Crippen LogP contribution in [0.4, 0.5) is 22.7 Å². The molecule has 0 saturated heterocycles. The van der Waals surface area contributed by atoms with Crippen LogP contribution < -0.4 is 15.3 Å². The molecule has 50 heavy (non-hydrogen) atoms. The molecule has 8 rings (SSSR count). The van der Waals surface area contributed by atoms with Crippen LogP contribution in [0.15, 0.2) is 138 Å². The molecule has 0 spiro atoms. The summed E-state index contributed by atoms with van der Waals surface area (Å²) in [5.74, 6) is 2.09. The number of rotatable bonds is 6. The Morgan fingerprint density at radius 1 is 0.780 bits per heavy atom. The Morgan fingerprint density at radius 2 is 1.42 bits per heavy atom. The molecule has 0 radical (unpaired) electrons. The van der Waals surface area contributed by atoms with Crippen LogP contribution in [0.25, 0.3) is 0 Å². The highest BCUT2D eigenvalue weighted by molar-refractivity contribution is 6.90. The molecule has 4 aliphatic rings. The van der Waals surface area contributed by atoms with Gasteiger partial charge in [-0.2, -0.15) is 0 Å². The van der Waals surface area contributed by atoms with Gasteiger partial charge in [0, 0.05) is 39.6 Å². The fourth-order valence-electron chi connectivity index (χ4n) is 8.75. The summed E-state index contributed by atoms with van der Waals surface area (Å²) >= 11 is 0. The van der Waals surface area contributed by atoms with Crippen molar-refractivity contribution in [1.29, 1.82) is 0 Å². The lowest BCUT2D eigenvalue weighted by Gasteiger charge is -2.49. The summed E-state index contributed by atoms with van der Waals surface area (Å²) in [7, 11) is 0. The van der Waals surface area contributed by atoms with E-state index in [0.717, 1.165) is 12.8 Å². The summed E-state index contributed by atoms with van der Waals surface area (Å²) in [5, 5.41) is 0. The second kappa shape index (κ2) is 12.4. The highest BCUT2D eigenvalue weighted by Crippen LogP contribution is 2.52. The largest absolute Gasteiger partial charge is 0.312 e. The SMILES string of the molecule is Cc1ccc(N2C3=C(CC(C)C=C3)B3C4=CC(C(C)C)CC=C4N(c4ccc(C(C)C)cc4)c4cc(C(C)(C)c5ccccc5)cc2c43)cc1. The first-order valence-electron chi connectivity index (χ1n) is 18.9. The van der Waals surface area contributed by atoms with E-state index < -0.39 is 0 Å². The third-order valence-electron chi connectivity index (χ3n) is 12.0. The van der Waals surface area contributed by atoms with Crippen LogP contribution >= 0.6 is 0 Å². The molecule has 3 heteroatoms. The van der Waals surface area contributed by atoms with Crippen molar-refractivity contribution in [3.63, 3.8) is 0 Å². The number of hydrogen-bond donors (Lipinski definition) is 0.